The first-order valence-electron chi connectivity index (χ1n) is 4.32. The van der Waals surface area contributed by atoms with Crippen LogP contribution in [0.5, 0.6) is 0 Å². The van der Waals surface area contributed by atoms with Gasteiger partial charge < -0.3 is 20.9 Å². The second kappa shape index (κ2) is 7.57. The third kappa shape index (κ3) is 8.51. The van der Waals surface area contributed by atoms with Gasteiger partial charge in [-0.25, -0.2) is 0 Å². The number of carbonyl (C=O) groups is 2. The van der Waals surface area contributed by atoms with Crippen molar-refractivity contribution >= 4 is 11.9 Å². The number of aromatic amines is 1. The Hall–Kier alpha value is -1.82. The molecule has 0 unspecified atom stereocenters. The lowest BCUT2D eigenvalue weighted by Gasteiger charge is -2.01. The number of aliphatic carboxylic acids is 2. The summed E-state index contributed by atoms with van der Waals surface area (Å²) in [6, 6.07) is 2.83. The Balaban J connectivity index is 0.000000322. The van der Waals surface area contributed by atoms with E-state index in [-0.39, 0.29) is 12.8 Å². The number of aromatic nitrogens is 1. The molecular formula is C9H14N2O4. The van der Waals surface area contributed by atoms with Gasteiger partial charge in [0, 0.05) is 18.8 Å². The van der Waals surface area contributed by atoms with Gasteiger partial charge in [0.2, 0.25) is 0 Å². The molecule has 0 bridgehead atoms. The number of nitrogens with one attached hydrogen (secondary N) is 1. The quantitative estimate of drug-likeness (QED) is 0.574. The van der Waals surface area contributed by atoms with Gasteiger partial charge in [-0.05, 0) is 18.6 Å². The molecule has 0 saturated carbocycles. The molecule has 0 aliphatic rings. The number of rotatable bonds is 4. The molecule has 6 nitrogen and oxygen atoms in total. The highest BCUT2D eigenvalue weighted by Gasteiger charge is 2.12. The summed E-state index contributed by atoms with van der Waals surface area (Å²) in [5, 5.41) is 16.3. The lowest BCUT2D eigenvalue weighted by atomic mass is 10.2. The number of nitrogens with two attached hydrogens (primary N) is 1. The molecule has 1 heterocycles. The average molecular weight is 214 g/mol. The van der Waals surface area contributed by atoms with E-state index in [9.17, 15) is 9.59 Å². The fourth-order valence-corrected chi connectivity index (χ4v) is 0.680. The van der Waals surface area contributed by atoms with E-state index < -0.39 is 18.0 Å². The van der Waals surface area contributed by atoms with Gasteiger partial charge in [0.1, 0.15) is 6.04 Å². The Kier molecular flexibility index (Phi) is 6.65. The molecule has 0 radical (unpaired) electrons. The molecule has 84 valence electrons. The summed E-state index contributed by atoms with van der Waals surface area (Å²) in [6.07, 6.45) is 3.53. The minimum Gasteiger partial charge on any atom is -0.481 e. The Morgan fingerprint density at radius 1 is 1.27 bits per heavy atom. The number of hydrogen-bond donors (Lipinski definition) is 4. The zero-order valence-electron chi connectivity index (χ0n) is 8.09. The van der Waals surface area contributed by atoms with Crippen LogP contribution in [0.25, 0.3) is 0 Å². The topological polar surface area (TPSA) is 116 Å². The Bertz CT molecular complexity index is 267. The van der Waals surface area contributed by atoms with Crippen LogP contribution >= 0.6 is 0 Å². The van der Waals surface area contributed by atoms with Crippen LogP contribution in [0.2, 0.25) is 0 Å². The maximum absolute atomic E-state index is 9.99. The molecule has 15 heavy (non-hydrogen) atoms. The summed E-state index contributed by atoms with van der Waals surface area (Å²) >= 11 is 0. The summed E-state index contributed by atoms with van der Waals surface area (Å²) < 4.78 is 0. The molecule has 1 aromatic rings. The molecule has 0 aliphatic heterocycles. The lowest BCUT2D eigenvalue weighted by Crippen LogP contribution is -2.30. The minimum atomic E-state index is -1.17. The van der Waals surface area contributed by atoms with E-state index in [0.717, 1.165) is 0 Å². The first kappa shape index (κ1) is 13.2. The van der Waals surface area contributed by atoms with Gasteiger partial charge in [0.25, 0.3) is 0 Å². The molecule has 0 aliphatic carbocycles. The summed E-state index contributed by atoms with van der Waals surface area (Å²) in [4.78, 5) is 22.7. The van der Waals surface area contributed by atoms with Crippen LogP contribution in [0.3, 0.4) is 0 Å². The van der Waals surface area contributed by atoms with Crippen LogP contribution in [0.4, 0.5) is 0 Å². The van der Waals surface area contributed by atoms with Crippen molar-refractivity contribution in [2.45, 2.75) is 18.9 Å². The van der Waals surface area contributed by atoms with E-state index in [2.05, 4.69) is 4.98 Å². The van der Waals surface area contributed by atoms with E-state index in [1.807, 2.05) is 24.5 Å². The van der Waals surface area contributed by atoms with Gasteiger partial charge in [-0.1, -0.05) is 0 Å². The SMILES string of the molecule is N[C@@H](CCC(=O)O)C(=O)O.c1cc[nH]c1. The first-order valence-corrected chi connectivity index (χ1v) is 4.32. The van der Waals surface area contributed by atoms with Crippen molar-refractivity contribution in [2.24, 2.45) is 5.73 Å². The van der Waals surface area contributed by atoms with E-state index >= 15 is 0 Å². The third-order valence-electron chi connectivity index (χ3n) is 1.48. The third-order valence-corrected chi connectivity index (χ3v) is 1.48. The molecule has 1 aromatic heterocycles. The van der Waals surface area contributed by atoms with E-state index in [1.165, 1.54) is 0 Å². The van der Waals surface area contributed by atoms with Crippen molar-refractivity contribution in [1.29, 1.82) is 0 Å². The van der Waals surface area contributed by atoms with Crippen LogP contribution in [0.1, 0.15) is 12.8 Å². The average Bonchev–Trinajstić information content (AvgIpc) is 2.71. The molecule has 5 N–H and O–H groups in total. The molecule has 0 aromatic carbocycles. The van der Waals surface area contributed by atoms with Gasteiger partial charge in [-0.2, -0.15) is 0 Å². The van der Waals surface area contributed by atoms with Crippen molar-refractivity contribution in [2.75, 3.05) is 0 Å². The monoisotopic (exact) mass is 214 g/mol. The minimum absolute atomic E-state index is 0.0231. The molecular weight excluding hydrogens is 200 g/mol. The highest BCUT2D eigenvalue weighted by molar-refractivity contribution is 5.74. The summed E-state index contributed by atoms with van der Waals surface area (Å²) in [5.74, 6) is -2.20. The molecule has 6 heteroatoms. The Labute approximate surface area is 86.7 Å². The maximum Gasteiger partial charge on any atom is 0.320 e. The van der Waals surface area contributed by atoms with Gasteiger partial charge in [-0.15, -0.1) is 0 Å². The van der Waals surface area contributed by atoms with E-state index in [4.69, 9.17) is 15.9 Å². The van der Waals surface area contributed by atoms with Crippen LogP contribution in [0, 0.1) is 0 Å². The molecule has 0 fully saturated rings. The smallest absolute Gasteiger partial charge is 0.320 e. The molecule has 0 saturated heterocycles. The first-order chi connectivity index (χ1) is 7.04. The predicted molar refractivity (Wildman–Crippen MR) is 53.3 cm³/mol. The molecule has 1 atom stereocenters. The number of H-pyrrole nitrogens is 1. The van der Waals surface area contributed by atoms with Crippen molar-refractivity contribution < 1.29 is 19.8 Å². The van der Waals surface area contributed by atoms with E-state index in [1.54, 1.807) is 0 Å². The second-order valence-electron chi connectivity index (χ2n) is 2.76. The van der Waals surface area contributed by atoms with Crippen molar-refractivity contribution in [3.63, 3.8) is 0 Å². The van der Waals surface area contributed by atoms with Crippen LogP contribution < -0.4 is 5.73 Å². The van der Waals surface area contributed by atoms with Crippen molar-refractivity contribution in [3.05, 3.63) is 24.5 Å². The molecule has 1 rings (SSSR count). The molecule has 0 spiro atoms. The Morgan fingerprint density at radius 2 is 1.80 bits per heavy atom. The largest absolute Gasteiger partial charge is 0.481 e. The van der Waals surface area contributed by atoms with Crippen molar-refractivity contribution in [3.8, 4) is 0 Å². The predicted octanol–water partition coefficient (Wildman–Crippen LogP) is 0.278. The number of hydrogen-bond acceptors (Lipinski definition) is 3. The normalized spacial score (nSPS) is 11.0. The van der Waals surface area contributed by atoms with Crippen LogP contribution in [-0.2, 0) is 9.59 Å². The number of carboxylic acid groups (broad SMARTS) is 2. The second-order valence-corrected chi connectivity index (χ2v) is 2.76. The van der Waals surface area contributed by atoms with Crippen LogP contribution in [0.15, 0.2) is 24.5 Å². The van der Waals surface area contributed by atoms with Gasteiger partial charge >= 0.3 is 11.9 Å². The van der Waals surface area contributed by atoms with Gasteiger partial charge in [-0.3, -0.25) is 9.59 Å². The fourth-order valence-electron chi connectivity index (χ4n) is 0.680. The molecule has 0 amide bonds. The fraction of sp³-hybridized carbons (Fsp3) is 0.333. The zero-order chi connectivity index (χ0) is 11.7. The number of carboxylic acids is 2. The zero-order valence-corrected chi connectivity index (χ0v) is 8.09. The van der Waals surface area contributed by atoms with Crippen molar-refractivity contribution in [1.82, 2.24) is 4.98 Å². The standard InChI is InChI=1S/C5H9NO4.C4H5N/c6-3(5(9)10)1-2-4(7)8;1-2-4-5-3-1/h3H,1-2,6H2,(H,7,8)(H,9,10);1-5H/t3-;/m0./s1. The highest BCUT2D eigenvalue weighted by Crippen LogP contribution is 1.93. The van der Waals surface area contributed by atoms with Crippen LogP contribution in [-0.4, -0.2) is 33.2 Å². The van der Waals surface area contributed by atoms with E-state index in [0.29, 0.717) is 0 Å². The highest BCUT2D eigenvalue weighted by atomic mass is 16.4. The maximum atomic E-state index is 9.99. The lowest BCUT2D eigenvalue weighted by molar-refractivity contribution is -0.139. The summed E-state index contributed by atoms with van der Waals surface area (Å²) in [5.41, 5.74) is 5.00. The summed E-state index contributed by atoms with van der Waals surface area (Å²) in [6.45, 7) is 0. The Morgan fingerprint density at radius 3 is 2.07 bits per heavy atom. The summed E-state index contributed by atoms with van der Waals surface area (Å²) in [7, 11) is 0. The van der Waals surface area contributed by atoms with Gasteiger partial charge in [0.05, 0.1) is 0 Å². The van der Waals surface area contributed by atoms with Gasteiger partial charge in [0.15, 0.2) is 0 Å².